The molecular formula is C22H27N5O3. The molecule has 0 aliphatic rings. The minimum Gasteiger partial charge on any atom is -0.493 e. The van der Waals surface area contributed by atoms with Crippen LogP contribution >= 0.6 is 0 Å². The molecular weight excluding hydrogens is 382 g/mol. The standard InChI is InChI=1S/C22H27N5O3/c1-15(21-26-20(27-30-21)17-7-5-4-6-8-17)14-25-22(23)24-12-11-16-9-10-18(28-2)19(13-16)29-3/h4-10,13,15H,11-12,14H2,1-3H3,(H3,23,24,25). The molecule has 0 aliphatic heterocycles. The van der Waals surface area contributed by atoms with E-state index in [4.69, 9.17) is 19.7 Å². The zero-order valence-electron chi connectivity index (χ0n) is 17.5. The lowest BCUT2D eigenvalue weighted by Gasteiger charge is -2.10. The number of ether oxygens (including phenoxy) is 2. The molecule has 0 bridgehead atoms. The second kappa shape index (κ2) is 10.3. The van der Waals surface area contributed by atoms with Gasteiger partial charge in [0.05, 0.1) is 26.7 Å². The van der Waals surface area contributed by atoms with E-state index in [1.165, 1.54) is 0 Å². The first-order chi connectivity index (χ1) is 14.6. The highest BCUT2D eigenvalue weighted by Crippen LogP contribution is 2.27. The van der Waals surface area contributed by atoms with Crippen molar-refractivity contribution >= 4 is 5.96 Å². The van der Waals surface area contributed by atoms with Crippen molar-refractivity contribution < 1.29 is 14.0 Å². The molecule has 0 fully saturated rings. The fourth-order valence-electron chi connectivity index (χ4n) is 2.88. The summed E-state index contributed by atoms with van der Waals surface area (Å²) in [5.74, 6) is 2.87. The summed E-state index contributed by atoms with van der Waals surface area (Å²) in [6, 6.07) is 15.6. The molecule has 0 amide bonds. The molecule has 3 N–H and O–H groups in total. The van der Waals surface area contributed by atoms with Gasteiger partial charge in [-0.15, -0.1) is 0 Å². The van der Waals surface area contributed by atoms with Crippen molar-refractivity contribution in [3.8, 4) is 22.9 Å². The molecule has 8 nitrogen and oxygen atoms in total. The van der Waals surface area contributed by atoms with Crippen LogP contribution in [-0.4, -0.2) is 43.4 Å². The Morgan fingerprint density at radius 3 is 2.63 bits per heavy atom. The minimum atomic E-state index is -0.0406. The summed E-state index contributed by atoms with van der Waals surface area (Å²) in [6.07, 6.45) is 0.774. The highest BCUT2D eigenvalue weighted by Gasteiger charge is 2.15. The van der Waals surface area contributed by atoms with E-state index in [-0.39, 0.29) is 5.92 Å². The zero-order valence-corrected chi connectivity index (χ0v) is 17.5. The second-order valence-electron chi connectivity index (χ2n) is 6.82. The number of aliphatic imine (C=N–C) groups is 1. The van der Waals surface area contributed by atoms with Crippen LogP contribution in [0.5, 0.6) is 11.5 Å². The number of benzene rings is 2. The average molecular weight is 409 g/mol. The van der Waals surface area contributed by atoms with Gasteiger partial charge in [0, 0.05) is 12.1 Å². The highest BCUT2D eigenvalue weighted by atomic mass is 16.5. The van der Waals surface area contributed by atoms with Crippen molar-refractivity contribution in [3.05, 3.63) is 60.0 Å². The number of aromatic nitrogens is 2. The topological polar surface area (TPSA) is 108 Å². The molecule has 0 spiro atoms. The van der Waals surface area contributed by atoms with Crippen molar-refractivity contribution in [2.24, 2.45) is 10.7 Å². The Kier molecular flexibility index (Phi) is 7.26. The molecule has 0 saturated heterocycles. The Morgan fingerprint density at radius 2 is 1.90 bits per heavy atom. The molecule has 1 unspecified atom stereocenters. The van der Waals surface area contributed by atoms with E-state index < -0.39 is 0 Å². The van der Waals surface area contributed by atoms with Crippen LogP contribution in [0.2, 0.25) is 0 Å². The third kappa shape index (κ3) is 5.50. The Hall–Kier alpha value is -3.55. The third-order valence-corrected chi connectivity index (χ3v) is 4.60. The van der Waals surface area contributed by atoms with E-state index in [9.17, 15) is 0 Å². The van der Waals surface area contributed by atoms with Crippen LogP contribution in [-0.2, 0) is 6.42 Å². The number of nitrogens with one attached hydrogen (secondary N) is 1. The maximum atomic E-state index is 5.99. The zero-order chi connectivity index (χ0) is 21.3. The van der Waals surface area contributed by atoms with Crippen LogP contribution in [0.25, 0.3) is 11.4 Å². The largest absolute Gasteiger partial charge is 0.493 e. The number of nitrogens with zero attached hydrogens (tertiary/aromatic N) is 3. The molecule has 2 aromatic carbocycles. The molecule has 0 saturated carbocycles. The first kappa shape index (κ1) is 21.2. The molecule has 1 aromatic heterocycles. The van der Waals surface area contributed by atoms with Gasteiger partial charge in [0.1, 0.15) is 0 Å². The van der Waals surface area contributed by atoms with Crippen molar-refractivity contribution in [1.29, 1.82) is 0 Å². The molecule has 3 rings (SSSR count). The van der Waals surface area contributed by atoms with Gasteiger partial charge in [-0.25, -0.2) is 0 Å². The molecule has 3 aromatic rings. The first-order valence-corrected chi connectivity index (χ1v) is 9.74. The summed E-state index contributed by atoms with van der Waals surface area (Å²) in [6.45, 7) is 3.08. The maximum absolute atomic E-state index is 5.99. The van der Waals surface area contributed by atoms with Crippen LogP contribution < -0.4 is 20.5 Å². The Bertz CT molecular complexity index is 972. The predicted molar refractivity (Wildman–Crippen MR) is 116 cm³/mol. The number of methoxy groups -OCH3 is 2. The van der Waals surface area contributed by atoms with Gasteiger partial charge >= 0.3 is 0 Å². The van der Waals surface area contributed by atoms with Gasteiger partial charge in [-0.05, 0) is 24.1 Å². The fraction of sp³-hybridized carbons (Fsp3) is 0.318. The molecule has 1 heterocycles. The number of hydrogen-bond donors (Lipinski definition) is 2. The summed E-state index contributed by atoms with van der Waals surface area (Å²) < 4.78 is 16.0. The summed E-state index contributed by atoms with van der Waals surface area (Å²) in [5.41, 5.74) is 8.02. The number of rotatable bonds is 9. The second-order valence-corrected chi connectivity index (χ2v) is 6.82. The third-order valence-electron chi connectivity index (χ3n) is 4.60. The van der Waals surface area contributed by atoms with Crippen LogP contribution in [0, 0.1) is 0 Å². The van der Waals surface area contributed by atoms with Crippen molar-refractivity contribution in [2.45, 2.75) is 19.3 Å². The van der Waals surface area contributed by atoms with Crippen molar-refractivity contribution in [3.63, 3.8) is 0 Å². The normalized spacial score (nSPS) is 12.4. The lowest BCUT2D eigenvalue weighted by atomic mass is 10.1. The monoisotopic (exact) mass is 409 g/mol. The quantitative estimate of drug-likeness (QED) is 0.413. The molecule has 1 atom stereocenters. The molecule has 30 heavy (non-hydrogen) atoms. The molecule has 0 radical (unpaired) electrons. The van der Waals surface area contributed by atoms with Crippen LogP contribution in [0.3, 0.4) is 0 Å². The lowest BCUT2D eigenvalue weighted by Crippen LogP contribution is -2.33. The van der Waals surface area contributed by atoms with Gasteiger partial charge in [-0.3, -0.25) is 4.99 Å². The summed E-state index contributed by atoms with van der Waals surface area (Å²) in [4.78, 5) is 8.85. The van der Waals surface area contributed by atoms with Gasteiger partial charge in [0.2, 0.25) is 11.7 Å². The number of guanidine groups is 1. The highest BCUT2D eigenvalue weighted by molar-refractivity contribution is 5.77. The Labute approximate surface area is 176 Å². The molecule has 158 valence electrons. The lowest BCUT2D eigenvalue weighted by molar-refractivity contribution is 0.354. The SMILES string of the molecule is COc1ccc(CCNC(N)=NCC(C)c2nc(-c3ccccc3)no2)cc1OC. The summed E-state index contributed by atoms with van der Waals surface area (Å²) in [7, 11) is 3.24. The minimum absolute atomic E-state index is 0.0406. The van der Waals surface area contributed by atoms with E-state index in [1.807, 2.05) is 55.5 Å². The van der Waals surface area contributed by atoms with Gasteiger partial charge in [-0.1, -0.05) is 48.5 Å². The molecule has 8 heteroatoms. The van der Waals surface area contributed by atoms with Crippen LogP contribution in [0.1, 0.15) is 24.3 Å². The van der Waals surface area contributed by atoms with Crippen LogP contribution in [0.4, 0.5) is 0 Å². The van der Waals surface area contributed by atoms with E-state index in [1.54, 1.807) is 14.2 Å². The fourth-order valence-corrected chi connectivity index (χ4v) is 2.88. The average Bonchev–Trinajstić information content (AvgIpc) is 3.28. The maximum Gasteiger partial charge on any atom is 0.231 e. The van der Waals surface area contributed by atoms with E-state index in [0.29, 0.717) is 42.3 Å². The van der Waals surface area contributed by atoms with Gasteiger partial charge in [0.15, 0.2) is 17.5 Å². The van der Waals surface area contributed by atoms with Crippen molar-refractivity contribution in [2.75, 3.05) is 27.3 Å². The van der Waals surface area contributed by atoms with E-state index in [0.717, 1.165) is 17.5 Å². The number of nitrogens with two attached hydrogens (primary N) is 1. The van der Waals surface area contributed by atoms with Gasteiger partial charge < -0.3 is 25.0 Å². The predicted octanol–water partition coefficient (Wildman–Crippen LogP) is 3.00. The van der Waals surface area contributed by atoms with Gasteiger partial charge in [0.25, 0.3) is 0 Å². The summed E-state index contributed by atoms with van der Waals surface area (Å²) >= 11 is 0. The number of hydrogen-bond acceptors (Lipinski definition) is 6. The molecule has 0 aliphatic carbocycles. The first-order valence-electron chi connectivity index (χ1n) is 9.74. The Balaban J connectivity index is 1.49. The Morgan fingerprint density at radius 1 is 1.13 bits per heavy atom. The van der Waals surface area contributed by atoms with E-state index >= 15 is 0 Å². The summed E-state index contributed by atoms with van der Waals surface area (Å²) in [5, 5.41) is 7.17. The van der Waals surface area contributed by atoms with E-state index in [2.05, 4.69) is 20.4 Å². The van der Waals surface area contributed by atoms with Gasteiger partial charge in [-0.2, -0.15) is 4.98 Å². The van der Waals surface area contributed by atoms with Crippen molar-refractivity contribution in [1.82, 2.24) is 15.5 Å². The van der Waals surface area contributed by atoms with Crippen LogP contribution in [0.15, 0.2) is 58.0 Å². The smallest absolute Gasteiger partial charge is 0.231 e.